The minimum absolute atomic E-state index is 0.0916. The van der Waals surface area contributed by atoms with E-state index in [9.17, 15) is 4.39 Å². The monoisotopic (exact) mass is 250 g/mol. The van der Waals surface area contributed by atoms with Gasteiger partial charge in [-0.25, -0.2) is 4.39 Å². The van der Waals surface area contributed by atoms with Gasteiger partial charge in [-0.05, 0) is 23.7 Å². The maximum atomic E-state index is 13.6. The summed E-state index contributed by atoms with van der Waals surface area (Å²) in [5.74, 6) is 0.137. The highest BCUT2D eigenvalue weighted by Gasteiger charge is 2.13. The molecule has 0 bridgehead atoms. The van der Waals surface area contributed by atoms with Crippen molar-refractivity contribution in [2.24, 2.45) is 0 Å². The number of hydrogen-bond donors (Lipinski definition) is 2. The molecule has 18 heavy (non-hydrogen) atoms. The Balaban J connectivity index is 1.93. The summed E-state index contributed by atoms with van der Waals surface area (Å²) in [6.45, 7) is 0.352. The molecule has 1 heterocycles. The summed E-state index contributed by atoms with van der Waals surface area (Å²) in [6, 6.07) is 7.50. The quantitative estimate of drug-likeness (QED) is 0.771. The number of rotatable bonds is 5. The van der Waals surface area contributed by atoms with Crippen LogP contribution in [0.1, 0.15) is 11.3 Å². The van der Waals surface area contributed by atoms with Gasteiger partial charge in [0.15, 0.2) is 0 Å². The first kappa shape index (κ1) is 12.8. The van der Waals surface area contributed by atoms with Crippen molar-refractivity contribution in [3.63, 3.8) is 0 Å². The van der Waals surface area contributed by atoms with Crippen molar-refractivity contribution >= 4 is 12.6 Å². The number of furan rings is 1. The van der Waals surface area contributed by atoms with E-state index < -0.39 is 12.9 Å². The molecule has 1 aromatic carbocycles. The number of ether oxygens (including phenoxy) is 1. The zero-order chi connectivity index (χ0) is 13.0. The van der Waals surface area contributed by atoms with Gasteiger partial charge in [0.2, 0.25) is 0 Å². The maximum absolute atomic E-state index is 13.6. The molecular formula is C12H12BFO4. The molecule has 0 spiro atoms. The molecule has 1 aromatic heterocycles. The highest BCUT2D eigenvalue weighted by atomic mass is 19.1. The standard InChI is InChI=1S/C12H12BFO4/c14-12-6-10(13(15)16)4-3-9(12)7-17-8-11-2-1-5-18-11/h1-6,15-16H,7-8H2. The molecule has 0 aliphatic carbocycles. The molecular weight excluding hydrogens is 238 g/mol. The summed E-state index contributed by atoms with van der Waals surface area (Å²) in [7, 11) is -1.67. The van der Waals surface area contributed by atoms with E-state index in [1.165, 1.54) is 18.4 Å². The Labute approximate surface area is 104 Å². The molecule has 94 valence electrons. The normalized spacial score (nSPS) is 10.6. The van der Waals surface area contributed by atoms with Gasteiger partial charge < -0.3 is 19.2 Å². The molecule has 0 radical (unpaired) electrons. The summed E-state index contributed by atoms with van der Waals surface area (Å²) >= 11 is 0. The fourth-order valence-electron chi connectivity index (χ4n) is 1.50. The largest absolute Gasteiger partial charge is 0.488 e. The van der Waals surface area contributed by atoms with Gasteiger partial charge in [-0.1, -0.05) is 12.1 Å². The van der Waals surface area contributed by atoms with Gasteiger partial charge >= 0.3 is 7.12 Å². The van der Waals surface area contributed by atoms with Gasteiger partial charge in [0, 0.05) is 5.56 Å². The fraction of sp³-hybridized carbons (Fsp3) is 0.167. The first-order valence-corrected chi connectivity index (χ1v) is 5.41. The fourth-order valence-corrected chi connectivity index (χ4v) is 1.50. The molecule has 0 saturated carbocycles. The summed E-state index contributed by atoms with van der Waals surface area (Å²) in [4.78, 5) is 0. The van der Waals surface area contributed by atoms with E-state index in [-0.39, 0.29) is 18.7 Å². The van der Waals surface area contributed by atoms with Gasteiger partial charge in [0.05, 0.1) is 12.9 Å². The summed E-state index contributed by atoms with van der Waals surface area (Å²) in [6.07, 6.45) is 1.54. The second-order valence-electron chi connectivity index (χ2n) is 3.80. The van der Waals surface area contributed by atoms with Gasteiger partial charge in [0.1, 0.15) is 18.2 Å². The third-order valence-corrected chi connectivity index (χ3v) is 2.46. The van der Waals surface area contributed by atoms with E-state index in [0.29, 0.717) is 11.3 Å². The topological polar surface area (TPSA) is 62.8 Å². The predicted molar refractivity (Wildman–Crippen MR) is 63.4 cm³/mol. The van der Waals surface area contributed by atoms with Crippen molar-refractivity contribution in [1.29, 1.82) is 0 Å². The van der Waals surface area contributed by atoms with Crippen molar-refractivity contribution in [3.8, 4) is 0 Å². The predicted octanol–water partition coefficient (Wildman–Crippen LogP) is 0.815. The summed E-state index contributed by atoms with van der Waals surface area (Å²) in [5, 5.41) is 17.8. The molecule has 0 atom stereocenters. The summed E-state index contributed by atoms with van der Waals surface area (Å²) in [5.41, 5.74) is 0.466. The Kier molecular flexibility index (Phi) is 4.14. The Morgan fingerprint density at radius 1 is 1.22 bits per heavy atom. The molecule has 2 N–H and O–H groups in total. The van der Waals surface area contributed by atoms with Crippen LogP contribution in [-0.4, -0.2) is 17.2 Å². The van der Waals surface area contributed by atoms with Gasteiger partial charge in [-0.3, -0.25) is 0 Å². The van der Waals surface area contributed by atoms with E-state index in [1.54, 1.807) is 12.1 Å². The zero-order valence-electron chi connectivity index (χ0n) is 9.54. The maximum Gasteiger partial charge on any atom is 0.488 e. The molecule has 6 heteroatoms. The third-order valence-electron chi connectivity index (χ3n) is 2.46. The van der Waals surface area contributed by atoms with Crippen molar-refractivity contribution in [2.45, 2.75) is 13.2 Å². The zero-order valence-corrected chi connectivity index (χ0v) is 9.54. The number of benzene rings is 1. The van der Waals surface area contributed by atoms with Gasteiger partial charge in [0.25, 0.3) is 0 Å². The minimum atomic E-state index is -1.67. The molecule has 0 aliphatic heterocycles. The van der Waals surface area contributed by atoms with Crippen LogP contribution in [0, 0.1) is 5.82 Å². The van der Waals surface area contributed by atoms with Crippen LogP contribution in [0.4, 0.5) is 4.39 Å². The molecule has 0 fully saturated rings. The van der Waals surface area contributed by atoms with Crippen LogP contribution >= 0.6 is 0 Å². The SMILES string of the molecule is OB(O)c1ccc(COCc2ccco2)c(F)c1. The Morgan fingerprint density at radius 3 is 2.67 bits per heavy atom. The third kappa shape index (κ3) is 3.19. The molecule has 2 aromatic rings. The van der Waals surface area contributed by atoms with Crippen LogP contribution < -0.4 is 5.46 Å². The molecule has 2 rings (SSSR count). The van der Waals surface area contributed by atoms with E-state index in [1.807, 2.05) is 0 Å². The molecule has 0 amide bonds. The Hall–Kier alpha value is -1.63. The van der Waals surface area contributed by atoms with Gasteiger partial charge in [-0.15, -0.1) is 0 Å². The molecule has 0 aliphatic rings. The van der Waals surface area contributed by atoms with E-state index in [0.717, 1.165) is 6.07 Å². The summed E-state index contributed by atoms with van der Waals surface area (Å²) < 4.78 is 23.9. The van der Waals surface area contributed by atoms with Crippen molar-refractivity contribution in [3.05, 3.63) is 53.7 Å². The second-order valence-corrected chi connectivity index (χ2v) is 3.80. The van der Waals surface area contributed by atoms with E-state index in [2.05, 4.69) is 0 Å². The van der Waals surface area contributed by atoms with Crippen LogP contribution in [-0.2, 0) is 18.0 Å². The average Bonchev–Trinajstić information content (AvgIpc) is 2.84. The van der Waals surface area contributed by atoms with Crippen molar-refractivity contribution in [2.75, 3.05) is 0 Å². The van der Waals surface area contributed by atoms with E-state index >= 15 is 0 Å². The van der Waals surface area contributed by atoms with Crippen LogP contribution in [0.3, 0.4) is 0 Å². The Morgan fingerprint density at radius 2 is 2.06 bits per heavy atom. The minimum Gasteiger partial charge on any atom is -0.467 e. The average molecular weight is 250 g/mol. The van der Waals surface area contributed by atoms with Gasteiger partial charge in [-0.2, -0.15) is 0 Å². The highest BCUT2D eigenvalue weighted by Crippen LogP contribution is 2.09. The Bertz CT molecular complexity index is 499. The second kappa shape index (κ2) is 5.81. The number of halogens is 1. The lowest BCUT2D eigenvalue weighted by Gasteiger charge is -2.06. The molecule has 0 unspecified atom stereocenters. The highest BCUT2D eigenvalue weighted by molar-refractivity contribution is 6.58. The lowest BCUT2D eigenvalue weighted by atomic mass is 9.80. The lowest BCUT2D eigenvalue weighted by molar-refractivity contribution is 0.0909. The first-order valence-electron chi connectivity index (χ1n) is 5.41. The van der Waals surface area contributed by atoms with Crippen LogP contribution in [0.25, 0.3) is 0 Å². The van der Waals surface area contributed by atoms with Crippen molar-refractivity contribution in [1.82, 2.24) is 0 Å². The van der Waals surface area contributed by atoms with Crippen LogP contribution in [0.2, 0.25) is 0 Å². The van der Waals surface area contributed by atoms with Crippen LogP contribution in [0.15, 0.2) is 41.0 Å². The number of hydrogen-bond acceptors (Lipinski definition) is 4. The first-order chi connectivity index (χ1) is 8.66. The van der Waals surface area contributed by atoms with Crippen LogP contribution in [0.5, 0.6) is 0 Å². The molecule has 4 nitrogen and oxygen atoms in total. The van der Waals surface area contributed by atoms with E-state index in [4.69, 9.17) is 19.2 Å². The molecule has 0 saturated heterocycles. The smallest absolute Gasteiger partial charge is 0.467 e. The lowest BCUT2D eigenvalue weighted by Crippen LogP contribution is -2.30. The van der Waals surface area contributed by atoms with Crippen molar-refractivity contribution < 1.29 is 23.6 Å².